The molecule has 1 aromatic heterocycles. The molecule has 3 N–H and O–H groups in total. The van der Waals surface area contributed by atoms with E-state index in [0.29, 0.717) is 6.61 Å². The van der Waals surface area contributed by atoms with Crippen LogP contribution in [0.1, 0.15) is 24.9 Å². The lowest BCUT2D eigenvalue weighted by Gasteiger charge is -2.13. The molecular weight excluding hydrogens is 240 g/mol. The number of aromatic nitrogens is 2. The number of rotatable bonds is 7. The fourth-order valence-electron chi connectivity index (χ4n) is 1.82. The molecule has 5 nitrogen and oxygen atoms in total. The van der Waals surface area contributed by atoms with Crippen LogP contribution in [0, 0.1) is 0 Å². The predicted molar refractivity (Wildman–Crippen MR) is 74.7 cm³/mol. The lowest BCUT2D eigenvalue weighted by Crippen LogP contribution is -2.31. The van der Waals surface area contributed by atoms with Gasteiger partial charge < -0.3 is 4.74 Å². The summed E-state index contributed by atoms with van der Waals surface area (Å²) in [6.07, 6.45) is 4.78. The molecule has 1 aromatic carbocycles. The Morgan fingerprint density at radius 2 is 2.16 bits per heavy atom. The Morgan fingerprint density at radius 1 is 1.37 bits per heavy atom. The summed E-state index contributed by atoms with van der Waals surface area (Å²) in [5, 5.41) is 4.35. The zero-order valence-electron chi connectivity index (χ0n) is 11.1. The van der Waals surface area contributed by atoms with Crippen molar-refractivity contribution in [1.29, 1.82) is 0 Å². The Labute approximate surface area is 113 Å². The van der Waals surface area contributed by atoms with E-state index in [4.69, 9.17) is 10.6 Å². The minimum Gasteiger partial charge on any atom is -0.379 e. The van der Waals surface area contributed by atoms with Crippen LogP contribution in [0.4, 0.5) is 0 Å². The number of nitrogens with two attached hydrogens (primary N) is 1. The van der Waals surface area contributed by atoms with Crippen LogP contribution >= 0.6 is 0 Å². The number of para-hydroxylation sites is 1. The smallest absolute Gasteiger partial charge is 0.0724 e. The Bertz CT molecular complexity index is 483. The molecule has 0 amide bonds. The van der Waals surface area contributed by atoms with Gasteiger partial charge in [0.15, 0.2) is 0 Å². The fraction of sp³-hybridized carbons (Fsp3) is 0.357. The first kappa shape index (κ1) is 13.7. The predicted octanol–water partition coefficient (Wildman–Crippen LogP) is 1.80. The zero-order valence-corrected chi connectivity index (χ0v) is 11.1. The van der Waals surface area contributed by atoms with E-state index in [1.165, 1.54) is 0 Å². The number of ether oxygens (including phenoxy) is 1. The summed E-state index contributed by atoms with van der Waals surface area (Å²) >= 11 is 0. The average Bonchev–Trinajstić information content (AvgIpc) is 2.94. The molecule has 1 atom stereocenters. The number of nitrogens with zero attached hydrogens (tertiary/aromatic N) is 2. The molecule has 19 heavy (non-hydrogen) atoms. The molecule has 102 valence electrons. The first-order valence-electron chi connectivity index (χ1n) is 6.49. The molecule has 5 heteroatoms. The Balaban J connectivity index is 2.06. The van der Waals surface area contributed by atoms with Gasteiger partial charge in [0, 0.05) is 18.4 Å². The molecule has 2 aromatic rings. The quantitative estimate of drug-likeness (QED) is 0.452. The highest BCUT2D eigenvalue weighted by Gasteiger charge is 2.12. The van der Waals surface area contributed by atoms with Gasteiger partial charge in [0.05, 0.1) is 24.5 Å². The van der Waals surface area contributed by atoms with Crippen molar-refractivity contribution in [3.63, 3.8) is 0 Å². The summed E-state index contributed by atoms with van der Waals surface area (Å²) < 4.78 is 7.36. The second-order valence-electron chi connectivity index (χ2n) is 4.35. The summed E-state index contributed by atoms with van der Waals surface area (Å²) in [5.74, 6) is 5.57. The van der Waals surface area contributed by atoms with E-state index in [1.54, 1.807) is 0 Å². The summed E-state index contributed by atoms with van der Waals surface area (Å²) in [5.41, 5.74) is 4.81. The Kier molecular flexibility index (Phi) is 5.09. The topological polar surface area (TPSA) is 65.1 Å². The van der Waals surface area contributed by atoms with Crippen molar-refractivity contribution in [3.05, 3.63) is 48.3 Å². The van der Waals surface area contributed by atoms with Gasteiger partial charge in [-0.05, 0) is 18.6 Å². The van der Waals surface area contributed by atoms with Gasteiger partial charge in [0.2, 0.25) is 0 Å². The van der Waals surface area contributed by atoms with Crippen molar-refractivity contribution in [2.75, 3.05) is 13.2 Å². The molecule has 0 saturated carbocycles. The maximum atomic E-state index is 5.57. The van der Waals surface area contributed by atoms with E-state index in [0.717, 1.165) is 24.3 Å². The van der Waals surface area contributed by atoms with Gasteiger partial charge in [-0.25, -0.2) is 4.68 Å². The van der Waals surface area contributed by atoms with Gasteiger partial charge in [-0.2, -0.15) is 5.10 Å². The van der Waals surface area contributed by atoms with Gasteiger partial charge in [-0.1, -0.05) is 25.1 Å². The fourth-order valence-corrected chi connectivity index (χ4v) is 1.82. The van der Waals surface area contributed by atoms with Crippen LogP contribution in [0.5, 0.6) is 0 Å². The number of nitrogens with one attached hydrogen (secondary N) is 1. The molecule has 0 radical (unpaired) electrons. The number of benzene rings is 1. The van der Waals surface area contributed by atoms with Gasteiger partial charge in [-0.3, -0.25) is 11.3 Å². The molecule has 0 aliphatic rings. The molecule has 0 aliphatic carbocycles. The molecule has 0 saturated heterocycles. The third-order valence-electron chi connectivity index (χ3n) is 2.86. The SMILES string of the molecule is CCCOCC(NN)c1cnn(-c2ccccc2)c1. The third-order valence-corrected chi connectivity index (χ3v) is 2.86. The first-order chi connectivity index (χ1) is 9.35. The van der Waals surface area contributed by atoms with Gasteiger partial charge in [0.1, 0.15) is 0 Å². The highest BCUT2D eigenvalue weighted by atomic mass is 16.5. The monoisotopic (exact) mass is 260 g/mol. The largest absolute Gasteiger partial charge is 0.379 e. The van der Waals surface area contributed by atoms with Crippen LogP contribution in [0.25, 0.3) is 5.69 Å². The van der Waals surface area contributed by atoms with Gasteiger partial charge in [-0.15, -0.1) is 0 Å². The van der Waals surface area contributed by atoms with Crippen molar-refractivity contribution in [2.45, 2.75) is 19.4 Å². The summed E-state index contributed by atoms with van der Waals surface area (Å²) in [6.45, 7) is 3.37. The summed E-state index contributed by atoms with van der Waals surface area (Å²) in [7, 11) is 0. The first-order valence-corrected chi connectivity index (χ1v) is 6.49. The van der Waals surface area contributed by atoms with Crippen molar-refractivity contribution in [2.24, 2.45) is 5.84 Å². The standard InChI is InChI=1S/C14H20N4O/c1-2-8-19-11-14(17-15)12-9-16-18(10-12)13-6-4-3-5-7-13/h3-7,9-10,14,17H,2,8,11,15H2,1H3. The molecule has 0 aliphatic heterocycles. The number of hydrogen-bond acceptors (Lipinski definition) is 4. The normalized spacial score (nSPS) is 12.5. The average molecular weight is 260 g/mol. The molecule has 0 spiro atoms. The van der Waals surface area contributed by atoms with Gasteiger partial charge >= 0.3 is 0 Å². The van der Waals surface area contributed by atoms with Crippen molar-refractivity contribution in [1.82, 2.24) is 15.2 Å². The van der Waals surface area contributed by atoms with E-state index < -0.39 is 0 Å². The third kappa shape index (κ3) is 3.64. The molecule has 0 fully saturated rings. The second-order valence-corrected chi connectivity index (χ2v) is 4.35. The molecule has 0 bridgehead atoms. The second kappa shape index (κ2) is 7.04. The highest BCUT2D eigenvalue weighted by Crippen LogP contribution is 2.14. The molecular formula is C14H20N4O. The van der Waals surface area contributed by atoms with Gasteiger partial charge in [0.25, 0.3) is 0 Å². The van der Waals surface area contributed by atoms with Crippen LogP contribution < -0.4 is 11.3 Å². The highest BCUT2D eigenvalue weighted by molar-refractivity contribution is 5.31. The molecule has 1 unspecified atom stereocenters. The van der Waals surface area contributed by atoms with E-state index in [-0.39, 0.29) is 6.04 Å². The summed E-state index contributed by atoms with van der Waals surface area (Å²) in [6, 6.07) is 9.93. The maximum absolute atomic E-state index is 5.57. The maximum Gasteiger partial charge on any atom is 0.0724 e. The van der Waals surface area contributed by atoms with Crippen molar-refractivity contribution >= 4 is 0 Å². The minimum atomic E-state index is -0.0380. The summed E-state index contributed by atoms with van der Waals surface area (Å²) in [4.78, 5) is 0. The van der Waals surface area contributed by atoms with E-state index >= 15 is 0 Å². The van der Waals surface area contributed by atoms with E-state index in [1.807, 2.05) is 47.4 Å². The van der Waals surface area contributed by atoms with Crippen LogP contribution in [-0.4, -0.2) is 23.0 Å². The van der Waals surface area contributed by atoms with E-state index in [2.05, 4.69) is 17.4 Å². The Hall–Kier alpha value is -1.69. The van der Waals surface area contributed by atoms with E-state index in [9.17, 15) is 0 Å². The lowest BCUT2D eigenvalue weighted by atomic mass is 10.2. The Morgan fingerprint density at radius 3 is 2.84 bits per heavy atom. The lowest BCUT2D eigenvalue weighted by molar-refractivity contribution is 0.112. The van der Waals surface area contributed by atoms with Crippen LogP contribution in [0.3, 0.4) is 0 Å². The molecule has 2 rings (SSSR count). The zero-order chi connectivity index (χ0) is 13.5. The number of hydrazine groups is 1. The van der Waals surface area contributed by atoms with Crippen LogP contribution in [0.2, 0.25) is 0 Å². The number of hydrogen-bond donors (Lipinski definition) is 2. The van der Waals surface area contributed by atoms with Crippen LogP contribution in [0.15, 0.2) is 42.7 Å². The minimum absolute atomic E-state index is 0.0380. The molecule has 1 heterocycles. The van der Waals surface area contributed by atoms with Crippen molar-refractivity contribution in [3.8, 4) is 5.69 Å². The van der Waals surface area contributed by atoms with Crippen LogP contribution in [-0.2, 0) is 4.74 Å². The van der Waals surface area contributed by atoms with Crippen molar-refractivity contribution < 1.29 is 4.74 Å².